The first-order valence-corrected chi connectivity index (χ1v) is 10.4. The van der Waals surface area contributed by atoms with Crippen LogP contribution < -0.4 is 0 Å². The number of hydrogen-bond acceptors (Lipinski definition) is 2. The Bertz CT molecular complexity index is 698. The Morgan fingerprint density at radius 3 is 1.32 bits per heavy atom. The van der Waals surface area contributed by atoms with Crippen molar-refractivity contribution in [1.82, 2.24) is 9.97 Å². The molecule has 0 atom stereocenters. The third-order valence-corrected chi connectivity index (χ3v) is 4.61. The maximum atomic E-state index is 4.72. The minimum absolute atomic E-state index is 0.129. The Balaban J connectivity index is 0.000000280. The van der Waals surface area contributed by atoms with Crippen LogP contribution >= 0.6 is 0 Å². The summed E-state index contributed by atoms with van der Waals surface area (Å²) in [6.07, 6.45) is 1.88. The van der Waals surface area contributed by atoms with Crippen LogP contribution in [-0.4, -0.2) is 9.97 Å². The van der Waals surface area contributed by atoms with Gasteiger partial charge in [0.2, 0.25) is 0 Å². The zero-order chi connectivity index (χ0) is 22.0. The van der Waals surface area contributed by atoms with Crippen LogP contribution in [0.5, 0.6) is 0 Å². The van der Waals surface area contributed by atoms with Crippen LogP contribution in [0.25, 0.3) is 0 Å². The summed E-state index contributed by atoms with van der Waals surface area (Å²) in [6.45, 7) is 26.5. The molecule has 0 bridgehead atoms. The maximum absolute atomic E-state index is 4.72. The van der Waals surface area contributed by atoms with Crippen LogP contribution in [0.3, 0.4) is 0 Å². The Labute approximate surface area is 174 Å². The summed E-state index contributed by atoms with van der Waals surface area (Å²) in [6, 6.07) is 10.5. The highest BCUT2D eigenvalue weighted by atomic mass is 14.7. The number of rotatable bonds is 0. The van der Waals surface area contributed by atoms with E-state index in [0.717, 1.165) is 0 Å². The van der Waals surface area contributed by atoms with Crippen molar-refractivity contribution in [2.75, 3.05) is 0 Å². The molecule has 0 saturated carbocycles. The van der Waals surface area contributed by atoms with Crippen molar-refractivity contribution >= 4 is 0 Å². The average molecular weight is 383 g/mol. The fourth-order valence-electron chi connectivity index (χ4n) is 2.88. The molecular formula is C26H42N2. The first-order valence-electron chi connectivity index (χ1n) is 10.4. The lowest BCUT2D eigenvalue weighted by atomic mass is 9.78. The van der Waals surface area contributed by atoms with Gasteiger partial charge in [-0.1, -0.05) is 95.2 Å². The predicted octanol–water partition coefficient (Wildman–Crippen LogP) is 7.35. The third-order valence-electron chi connectivity index (χ3n) is 4.61. The molecule has 0 aromatic carbocycles. The maximum Gasteiger partial charge on any atom is 0.0494 e. The highest BCUT2D eigenvalue weighted by molar-refractivity contribution is 5.31. The molecule has 2 heteroatoms. The molecule has 0 radical (unpaired) electrons. The Morgan fingerprint density at radius 1 is 0.536 bits per heavy atom. The van der Waals surface area contributed by atoms with Crippen molar-refractivity contribution in [3.63, 3.8) is 0 Å². The van der Waals surface area contributed by atoms with Gasteiger partial charge in [0.05, 0.1) is 0 Å². The summed E-state index contributed by atoms with van der Waals surface area (Å²) < 4.78 is 0. The summed E-state index contributed by atoms with van der Waals surface area (Å²) in [5.41, 5.74) is 5.50. The molecule has 2 heterocycles. The van der Waals surface area contributed by atoms with Gasteiger partial charge in [-0.05, 0) is 29.2 Å². The molecule has 0 unspecified atom stereocenters. The smallest absolute Gasteiger partial charge is 0.0494 e. The lowest BCUT2D eigenvalue weighted by molar-refractivity contribution is 0.514. The van der Waals surface area contributed by atoms with Gasteiger partial charge in [-0.25, -0.2) is 0 Å². The molecular weight excluding hydrogens is 340 g/mol. The lowest BCUT2D eigenvalue weighted by Gasteiger charge is -2.28. The second-order valence-corrected chi connectivity index (χ2v) is 11.8. The number of aromatic nitrogens is 2. The molecule has 156 valence electrons. The van der Waals surface area contributed by atoms with Gasteiger partial charge in [0.1, 0.15) is 0 Å². The van der Waals surface area contributed by atoms with Crippen LogP contribution in [0.1, 0.15) is 106 Å². The fraction of sp³-hybridized carbons (Fsp3) is 0.615. The normalized spacial score (nSPS) is 13.0. The van der Waals surface area contributed by atoms with Crippen LogP contribution in [0, 0.1) is 0 Å². The zero-order valence-corrected chi connectivity index (χ0v) is 20.4. The van der Waals surface area contributed by atoms with Gasteiger partial charge in [-0.15, -0.1) is 0 Å². The minimum atomic E-state index is 0.129. The topological polar surface area (TPSA) is 25.8 Å². The van der Waals surface area contributed by atoms with E-state index in [2.05, 4.69) is 112 Å². The lowest BCUT2D eigenvalue weighted by Crippen LogP contribution is -2.23. The molecule has 2 aromatic heterocycles. The van der Waals surface area contributed by atoms with Gasteiger partial charge in [-0.3, -0.25) is 9.97 Å². The molecule has 0 N–H and O–H groups in total. The predicted molar refractivity (Wildman–Crippen MR) is 123 cm³/mol. The van der Waals surface area contributed by atoms with Gasteiger partial charge in [0.25, 0.3) is 0 Å². The van der Waals surface area contributed by atoms with Crippen LogP contribution in [-0.2, 0) is 21.7 Å². The quantitative estimate of drug-likeness (QED) is 0.476. The molecule has 2 nitrogen and oxygen atoms in total. The number of pyridine rings is 2. The average Bonchev–Trinajstić information content (AvgIpc) is 2.52. The highest BCUT2D eigenvalue weighted by Crippen LogP contribution is 2.31. The van der Waals surface area contributed by atoms with E-state index >= 15 is 0 Å². The van der Waals surface area contributed by atoms with E-state index in [1.54, 1.807) is 0 Å². The van der Waals surface area contributed by atoms with E-state index in [0.29, 0.717) is 0 Å². The Kier molecular flexibility index (Phi) is 7.26. The van der Waals surface area contributed by atoms with Gasteiger partial charge in [-0.2, -0.15) is 0 Å². The monoisotopic (exact) mass is 382 g/mol. The molecule has 0 spiro atoms. The van der Waals surface area contributed by atoms with Crippen LogP contribution in [0.4, 0.5) is 0 Å². The Morgan fingerprint density at radius 2 is 1.00 bits per heavy atom. The molecule has 0 aliphatic heterocycles. The second-order valence-electron chi connectivity index (χ2n) is 11.8. The number of hydrogen-bond donors (Lipinski definition) is 0. The summed E-state index contributed by atoms with van der Waals surface area (Å²) in [7, 11) is 0. The van der Waals surface area contributed by atoms with Crippen molar-refractivity contribution in [2.45, 2.75) is 105 Å². The van der Waals surface area contributed by atoms with Crippen molar-refractivity contribution in [3.8, 4) is 0 Å². The van der Waals surface area contributed by atoms with Gasteiger partial charge in [0.15, 0.2) is 0 Å². The largest absolute Gasteiger partial charge is 0.260 e. The fourth-order valence-corrected chi connectivity index (χ4v) is 2.88. The van der Waals surface area contributed by atoms with E-state index in [1.165, 1.54) is 22.6 Å². The summed E-state index contributed by atoms with van der Waals surface area (Å²) in [5, 5.41) is 0. The summed E-state index contributed by atoms with van der Waals surface area (Å²) in [5.74, 6) is 0. The van der Waals surface area contributed by atoms with E-state index in [-0.39, 0.29) is 21.7 Å². The molecule has 28 heavy (non-hydrogen) atoms. The molecule has 0 saturated heterocycles. The van der Waals surface area contributed by atoms with Crippen molar-refractivity contribution in [2.24, 2.45) is 0 Å². The zero-order valence-electron chi connectivity index (χ0n) is 20.4. The van der Waals surface area contributed by atoms with E-state index in [9.17, 15) is 0 Å². The van der Waals surface area contributed by atoms with Crippen molar-refractivity contribution in [3.05, 3.63) is 59.2 Å². The van der Waals surface area contributed by atoms with E-state index < -0.39 is 0 Å². The minimum Gasteiger partial charge on any atom is -0.260 e. The summed E-state index contributed by atoms with van der Waals surface area (Å²) in [4.78, 5) is 9.23. The Hall–Kier alpha value is -1.70. The van der Waals surface area contributed by atoms with E-state index in [1.807, 2.05) is 12.3 Å². The molecule has 0 fully saturated rings. The molecule has 2 aromatic rings. The van der Waals surface area contributed by atoms with Gasteiger partial charge < -0.3 is 0 Å². The van der Waals surface area contributed by atoms with E-state index in [4.69, 9.17) is 4.98 Å². The first kappa shape index (κ1) is 24.3. The second kappa shape index (κ2) is 8.35. The standard InChI is InChI=1S/2C13H21N/c1-12(2,3)10-8-7-9-14-11(10)13(4,5)6;1-12(2,3)10-8-7-9-11(14-10)13(4,5)6/h2*7-9H,1-6H3. The highest BCUT2D eigenvalue weighted by Gasteiger charge is 2.25. The van der Waals surface area contributed by atoms with Crippen molar-refractivity contribution < 1.29 is 0 Å². The van der Waals surface area contributed by atoms with Gasteiger partial charge in [0, 0.05) is 39.5 Å². The van der Waals surface area contributed by atoms with Gasteiger partial charge >= 0.3 is 0 Å². The van der Waals surface area contributed by atoms with Crippen LogP contribution in [0.15, 0.2) is 36.5 Å². The molecule has 0 aliphatic rings. The SMILES string of the molecule is CC(C)(C)c1cccc(C(C)(C)C)n1.CC(C)(C)c1cccnc1C(C)(C)C. The van der Waals surface area contributed by atoms with Crippen molar-refractivity contribution in [1.29, 1.82) is 0 Å². The third kappa shape index (κ3) is 7.04. The molecule has 0 aliphatic carbocycles. The first-order chi connectivity index (χ1) is 12.4. The molecule has 2 rings (SSSR count). The summed E-state index contributed by atoms with van der Waals surface area (Å²) >= 11 is 0. The van der Waals surface area contributed by atoms with Crippen LogP contribution in [0.2, 0.25) is 0 Å². The number of nitrogens with zero attached hydrogens (tertiary/aromatic N) is 2. The molecule has 0 amide bonds.